The van der Waals surface area contributed by atoms with Crippen molar-refractivity contribution < 1.29 is 4.79 Å². The van der Waals surface area contributed by atoms with E-state index in [1.54, 1.807) is 5.56 Å². The number of nitrogens with zero attached hydrogens (tertiary/aromatic N) is 2. The molecule has 2 aliphatic rings. The summed E-state index contributed by atoms with van der Waals surface area (Å²) in [6.45, 7) is 14.4. The molecule has 2 aromatic rings. The third kappa shape index (κ3) is 3.97. The molecule has 1 fully saturated rings. The number of carbonyl (C=O) groups is 1. The Hall–Kier alpha value is -2.01. The molecule has 3 atom stereocenters. The molecule has 1 aromatic heterocycles. The average molecular weight is 425 g/mol. The van der Waals surface area contributed by atoms with Gasteiger partial charge in [0.15, 0.2) is 0 Å². The van der Waals surface area contributed by atoms with Crippen LogP contribution in [0.1, 0.15) is 75.8 Å². The van der Waals surface area contributed by atoms with Crippen LogP contribution in [0.15, 0.2) is 12.1 Å². The summed E-state index contributed by atoms with van der Waals surface area (Å²) >= 11 is 0. The highest BCUT2D eigenvalue weighted by molar-refractivity contribution is 5.90. The maximum absolute atomic E-state index is 12.8. The van der Waals surface area contributed by atoms with Gasteiger partial charge >= 0.3 is 6.03 Å². The zero-order valence-electron chi connectivity index (χ0n) is 20.1. The molecule has 5 heteroatoms. The number of urea groups is 1. The molecule has 0 bridgehead atoms. The number of rotatable bonds is 7. The number of amides is 2. The lowest BCUT2D eigenvalue weighted by atomic mass is 9.72. The van der Waals surface area contributed by atoms with E-state index in [0.717, 1.165) is 58.3 Å². The van der Waals surface area contributed by atoms with Crippen LogP contribution in [0.2, 0.25) is 0 Å². The van der Waals surface area contributed by atoms with Crippen LogP contribution in [0, 0.1) is 0 Å². The number of piperidine rings is 1. The van der Waals surface area contributed by atoms with Gasteiger partial charge in [-0.05, 0) is 75.3 Å². The van der Waals surface area contributed by atoms with Gasteiger partial charge in [0.1, 0.15) is 0 Å². The molecular formula is C26H40N4O. The maximum Gasteiger partial charge on any atom is 0.317 e. The first-order chi connectivity index (χ1) is 15.0. The van der Waals surface area contributed by atoms with Crippen LogP contribution >= 0.6 is 0 Å². The number of fused-ring (bicyclic) bond motifs is 2. The van der Waals surface area contributed by atoms with E-state index in [1.165, 1.54) is 27.7 Å². The van der Waals surface area contributed by atoms with E-state index in [0.29, 0.717) is 12.0 Å². The first-order valence-corrected chi connectivity index (χ1v) is 12.5. The van der Waals surface area contributed by atoms with Crippen LogP contribution in [0.3, 0.4) is 0 Å². The molecule has 0 spiro atoms. The number of likely N-dealkylation sites (tertiary alicyclic amines) is 1. The Labute approximate surface area is 187 Å². The quantitative estimate of drug-likeness (QED) is 0.668. The third-order valence-corrected chi connectivity index (χ3v) is 7.57. The summed E-state index contributed by atoms with van der Waals surface area (Å²) in [6, 6.07) is 5.64. The molecule has 2 heterocycles. The molecule has 1 saturated heterocycles. The molecule has 31 heavy (non-hydrogen) atoms. The van der Waals surface area contributed by atoms with Gasteiger partial charge in [-0.25, -0.2) is 4.79 Å². The van der Waals surface area contributed by atoms with Crippen molar-refractivity contribution in [2.45, 2.75) is 84.7 Å². The second-order valence-corrected chi connectivity index (χ2v) is 9.32. The molecule has 0 radical (unpaired) electrons. The monoisotopic (exact) mass is 424 g/mol. The fraction of sp³-hybridized carbons (Fsp3) is 0.654. The predicted octanol–water partition coefficient (Wildman–Crippen LogP) is 4.84. The van der Waals surface area contributed by atoms with Gasteiger partial charge in [-0.2, -0.15) is 0 Å². The van der Waals surface area contributed by atoms with Crippen LogP contribution in [-0.2, 0) is 19.3 Å². The molecule has 4 rings (SSSR count). The lowest BCUT2D eigenvalue weighted by Crippen LogP contribution is -2.58. The minimum atomic E-state index is 0.0868. The third-order valence-electron chi connectivity index (χ3n) is 7.57. The van der Waals surface area contributed by atoms with Gasteiger partial charge in [0.05, 0.1) is 0 Å². The van der Waals surface area contributed by atoms with E-state index in [2.05, 4.69) is 62.0 Å². The molecule has 2 amide bonds. The van der Waals surface area contributed by atoms with Gasteiger partial charge in [0.2, 0.25) is 0 Å². The largest absolute Gasteiger partial charge is 0.358 e. The van der Waals surface area contributed by atoms with Crippen LogP contribution in [-0.4, -0.2) is 59.1 Å². The van der Waals surface area contributed by atoms with Gasteiger partial charge in [-0.1, -0.05) is 26.8 Å². The Morgan fingerprint density at radius 2 is 1.94 bits per heavy atom. The predicted molar refractivity (Wildman–Crippen MR) is 129 cm³/mol. The number of aromatic nitrogens is 1. The molecule has 170 valence electrons. The Kier molecular flexibility index (Phi) is 6.61. The van der Waals surface area contributed by atoms with Gasteiger partial charge in [0.25, 0.3) is 0 Å². The normalized spacial score (nSPS) is 23.1. The lowest BCUT2D eigenvalue weighted by molar-refractivity contribution is 0.0978. The molecule has 1 aliphatic carbocycles. The SMILES string of the molecule is CCCN1C[C@@H](NC(=O)N(CC)CC)CC2c3cc(CC)cc4[nH]c(CC)c(c34)C[C@H]21. The number of carbonyl (C=O) groups excluding carboxylic acids is 1. The summed E-state index contributed by atoms with van der Waals surface area (Å²) < 4.78 is 0. The number of aryl methyl sites for hydroxylation is 2. The second kappa shape index (κ2) is 9.23. The minimum Gasteiger partial charge on any atom is -0.358 e. The molecule has 0 saturated carbocycles. The molecule has 2 N–H and O–H groups in total. The van der Waals surface area contributed by atoms with Crippen molar-refractivity contribution in [1.82, 2.24) is 20.1 Å². The van der Waals surface area contributed by atoms with Crippen molar-refractivity contribution in [3.8, 4) is 0 Å². The fourth-order valence-electron chi connectivity index (χ4n) is 6.03. The maximum atomic E-state index is 12.8. The van der Waals surface area contributed by atoms with Gasteiger partial charge in [-0.15, -0.1) is 0 Å². The van der Waals surface area contributed by atoms with Gasteiger partial charge in [0, 0.05) is 54.2 Å². The Balaban J connectivity index is 1.72. The van der Waals surface area contributed by atoms with Crippen LogP contribution in [0.5, 0.6) is 0 Å². The Bertz CT molecular complexity index is 929. The fourth-order valence-corrected chi connectivity index (χ4v) is 6.03. The number of aromatic amines is 1. The summed E-state index contributed by atoms with van der Waals surface area (Å²) in [6.07, 6.45) is 5.41. The molecule has 1 aliphatic heterocycles. The summed E-state index contributed by atoms with van der Waals surface area (Å²) in [4.78, 5) is 21.1. The van der Waals surface area contributed by atoms with E-state index in [9.17, 15) is 4.79 Å². The van der Waals surface area contributed by atoms with E-state index >= 15 is 0 Å². The van der Waals surface area contributed by atoms with E-state index in [4.69, 9.17) is 0 Å². The summed E-state index contributed by atoms with van der Waals surface area (Å²) in [5.74, 6) is 0.476. The van der Waals surface area contributed by atoms with Crippen molar-refractivity contribution >= 4 is 16.9 Å². The standard InChI is InChI=1S/C26H40N4O/c1-6-11-30-16-18(27-26(31)29(9-4)10-5)14-19-20-12-17(7-2)13-23-25(20)21(15-24(19)30)22(8-3)28-23/h12-13,18-19,24,28H,6-11,14-16H2,1-5H3,(H,27,31)/t18-,19?,24+/m0/s1. The summed E-state index contributed by atoms with van der Waals surface area (Å²) in [5.41, 5.74) is 7.20. The summed E-state index contributed by atoms with van der Waals surface area (Å²) in [5, 5.41) is 4.86. The number of H-pyrrole nitrogens is 1. The van der Waals surface area contributed by atoms with Crippen LogP contribution in [0.25, 0.3) is 10.9 Å². The minimum absolute atomic E-state index is 0.0868. The van der Waals surface area contributed by atoms with Crippen molar-refractivity contribution in [3.05, 3.63) is 34.5 Å². The first kappa shape index (κ1) is 22.2. The van der Waals surface area contributed by atoms with Crippen molar-refractivity contribution in [1.29, 1.82) is 0 Å². The lowest BCUT2D eigenvalue weighted by Gasteiger charge is -2.47. The Morgan fingerprint density at radius 1 is 1.16 bits per heavy atom. The zero-order valence-corrected chi connectivity index (χ0v) is 20.1. The van der Waals surface area contributed by atoms with E-state index in [1.807, 2.05) is 4.90 Å². The molecule has 1 aromatic carbocycles. The van der Waals surface area contributed by atoms with E-state index in [-0.39, 0.29) is 12.1 Å². The van der Waals surface area contributed by atoms with Gasteiger partial charge in [-0.3, -0.25) is 4.90 Å². The van der Waals surface area contributed by atoms with Crippen LogP contribution < -0.4 is 5.32 Å². The van der Waals surface area contributed by atoms with E-state index < -0.39 is 0 Å². The molecular weight excluding hydrogens is 384 g/mol. The highest BCUT2D eigenvalue weighted by Gasteiger charge is 2.42. The average Bonchev–Trinajstić information content (AvgIpc) is 3.13. The van der Waals surface area contributed by atoms with Crippen LogP contribution in [0.4, 0.5) is 4.79 Å². The van der Waals surface area contributed by atoms with Crippen molar-refractivity contribution in [2.24, 2.45) is 0 Å². The second-order valence-electron chi connectivity index (χ2n) is 9.32. The number of nitrogens with one attached hydrogen (secondary N) is 2. The first-order valence-electron chi connectivity index (χ1n) is 12.5. The number of benzene rings is 1. The van der Waals surface area contributed by atoms with Gasteiger partial charge < -0.3 is 15.2 Å². The highest BCUT2D eigenvalue weighted by Crippen LogP contribution is 2.45. The molecule has 1 unspecified atom stereocenters. The number of hydrogen-bond donors (Lipinski definition) is 2. The zero-order chi connectivity index (χ0) is 22.1. The van der Waals surface area contributed by atoms with Crippen molar-refractivity contribution in [3.63, 3.8) is 0 Å². The molecule has 5 nitrogen and oxygen atoms in total. The van der Waals surface area contributed by atoms with Crippen molar-refractivity contribution in [2.75, 3.05) is 26.2 Å². The number of hydrogen-bond acceptors (Lipinski definition) is 2. The summed E-state index contributed by atoms with van der Waals surface area (Å²) in [7, 11) is 0. The smallest absolute Gasteiger partial charge is 0.317 e. The topological polar surface area (TPSA) is 51.4 Å². The Morgan fingerprint density at radius 3 is 2.58 bits per heavy atom. The highest BCUT2D eigenvalue weighted by atomic mass is 16.2.